The van der Waals surface area contributed by atoms with Gasteiger partial charge in [-0.25, -0.2) is 18.4 Å². The molecule has 0 bridgehead atoms. The maximum atomic E-state index is 12.0. The van der Waals surface area contributed by atoms with Crippen LogP contribution in [-0.2, 0) is 9.84 Å². The number of piperazine rings is 1. The molecule has 1 aromatic rings. The van der Waals surface area contributed by atoms with Crippen molar-refractivity contribution in [1.29, 1.82) is 0 Å². The third-order valence-electron chi connectivity index (χ3n) is 5.07. The van der Waals surface area contributed by atoms with E-state index in [1.807, 2.05) is 13.8 Å². The van der Waals surface area contributed by atoms with Gasteiger partial charge < -0.3 is 4.90 Å². The van der Waals surface area contributed by atoms with E-state index in [0.29, 0.717) is 12.3 Å². The number of hydrogen-bond donors (Lipinski definition) is 0. The summed E-state index contributed by atoms with van der Waals surface area (Å²) in [5, 5.41) is -0.153. The lowest BCUT2D eigenvalue weighted by Gasteiger charge is -2.37. The molecule has 2 fully saturated rings. The van der Waals surface area contributed by atoms with E-state index in [9.17, 15) is 8.42 Å². The van der Waals surface area contributed by atoms with Gasteiger partial charge in [0.2, 0.25) is 0 Å². The van der Waals surface area contributed by atoms with E-state index in [1.165, 1.54) is 0 Å². The summed E-state index contributed by atoms with van der Waals surface area (Å²) in [5.41, 5.74) is 2.18. The highest BCUT2D eigenvalue weighted by Gasteiger charge is 2.33. The largest absolute Gasteiger partial charge is 0.354 e. The first-order valence-corrected chi connectivity index (χ1v) is 10.1. The summed E-state index contributed by atoms with van der Waals surface area (Å²) in [5.74, 6) is 2.21. The Balaban J connectivity index is 1.63. The van der Waals surface area contributed by atoms with Gasteiger partial charge in [-0.05, 0) is 33.6 Å². The molecule has 2 saturated heterocycles. The quantitative estimate of drug-likeness (QED) is 0.822. The fourth-order valence-electron chi connectivity index (χ4n) is 3.55. The Morgan fingerprint density at radius 2 is 1.78 bits per heavy atom. The highest BCUT2D eigenvalue weighted by atomic mass is 32.2. The summed E-state index contributed by atoms with van der Waals surface area (Å²) in [4.78, 5) is 13.6. The number of sulfone groups is 1. The lowest BCUT2D eigenvalue weighted by atomic mass is 10.2. The maximum absolute atomic E-state index is 12.0. The van der Waals surface area contributed by atoms with Crippen LogP contribution in [-0.4, -0.2) is 67.0 Å². The molecule has 0 spiro atoms. The van der Waals surface area contributed by atoms with Gasteiger partial charge >= 0.3 is 0 Å². The highest BCUT2D eigenvalue weighted by molar-refractivity contribution is 7.92. The summed E-state index contributed by atoms with van der Waals surface area (Å²) < 4.78 is 24.0. The van der Waals surface area contributed by atoms with Crippen LogP contribution in [0.25, 0.3) is 0 Å². The Kier molecular flexibility index (Phi) is 4.60. The second kappa shape index (κ2) is 6.36. The molecule has 128 valence electrons. The van der Waals surface area contributed by atoms with Crippen molar-refractivity contribution in [3.8, 4) is 0 Å². The Bertz CT molecular complexity index is 682. The SMILES string of the molecule is Cc1nc(C)c(C)c(N2CCN(C[C@@H]3CCCS3(=O)=O)CC2)n1. The molecule has 1 aromatic heterocycles. The van der Waals surface area contributed by atoms with Crippen LogP contribution in [0.3, 0.4) is 0 Å². The van der Waals surface area contributed by atoms with Crippen molar-refractivity contribution < 1.29 is 8.42 Å². The number of aryl methyl sites for hydroxylation is 2. The molecule has 1 atom stereocenters. The summed E-state index contributed by atoms with van der Waals surface area (Å²) in [6.07, 6.45) is 1.65. The first kappa shape index (κ1) is 16.6. The van der Waals surface area contributed by atoms with Crippen molar-refractivity contribution in [3.63, 3.8) is 0 Å². The van der Waals surface area contributed by atoms with Crippen LogP contribution >= 0.6 is 0 Å². The minimum atomic E-state index is -2.85. The molecule has 0 amide bonds. The number of rotatable bonds is 3. The third kappa shape index (κ3) is 3.50. The zero-order valence-corrected chi connectivity index (χ0v) is 15.1. The van der Waals surface area contributed by atoms with E-state index < -0.39 is 9.84 Å². The summed E-state index contributed by atoms with van der Waals surface area (Å²) >= 11 is 0. The van der Waals surface area contributed by atoms with Gasteiger partial charge in [0.05, 0.1) is 11.0 Å². The van der Waals surface area contributed by atoms with Crippen molar-refractivity contribution in [2.45, 2.75) is 38.9 Å². The molecule has 3 heterocycles. The minimum Gasteiger partial charge on any atom is -0.354 e. The minimum absolute atomic E-state index is 0.153. The summed E-state index contributed by atoms with van der Waals surface area (Å²) in [7, 11) is -2.85. The predicted molar refractivity (Wildman–Crippen MR) is 91.7 cm³/mol. The Hall–Kier alpha value is -1.21. The summed E-state index contributed by atoms with van der Waals surface area (Å²) in [6.45, 7) is 10.3. The topological polar surface area (TPSA) is 66.4 Å². The molecule has 23 heavy (non-hydrogen) atoms. The van der Waals surface area contributed by atoms with Gasteiger partial charge in [0.1, 0.15) is 11.6 Å². The molecule has 6 nitrogen and oxygen atoms in total. The van der Waals surface area contributed by atoms with Gasteiger partial charge in [-0.1, -0.05) is 0 Å². The molecule has 2 aliphatic rings. The van der Waals surface area contributed by atoms with Gasteiger partial charge in [-0.2, -0.15) is 0 Å². The molecule has 0 N–H and O–H groups in total. The van der Waals surface area contributed by atoms with Crippen LogP contribution in [0, 0.1) is 20.8 Å². The maximum Gasteiger partial charge on any atom is 0.154 e. The molecule has 3 rings (SSSR count). The molecule has 0 aliphatic carbocycles. The van der Waals surface area contributed by atoms with E-state index in [2.05, 4.69) is 26.7 Å². The molecule has 2 aliphatic heterocycles. The molecule has 0 radical (unpaired) electrons. The van der Waals surface area contributed by atoms with Crippen molar-refractivity contribution in [2.24, 2.45) is 0 Å². The molecular weight excluding hydrogens is 312 g/mol. The van der Waals surface area contributed by atoms with Gasteiger partial charge in [0.15, 0.2) is 9.84 Å². The highest BCUT2D eigenvalue weighted by Crippen LogP contribution is 2.24. The molecule has 7 heteroatoms. The zero-order chi connectivity index (χ0) is 16.6. The lowest BCUT2D eigenvalue weighted by Crippen LogP contribution is -2.49. The second-order valence-corrected chi connectivity index (χ2v) is 9.12. The monoisotopic (exact) mass is 338 g/mol. The van der Waals surface area contributed by atoms with Crippen LogP contribution in [0.1, 0.15) is 29.9 Å². The van der Waals surface area contributed by atoms with Crippen LogP contribution in [0.15, 0.2) is 0 Å². The normalized spacial score (nSPS) is 25.0. The Labute approximate surface area is 138 Å². The first-order valence-electron chi connectivity index (χ1n) is 8.37. The van der Waals surface area contributed by atoms with Gasteiger partial charge in [0, 0.05) is 44.0 Å². The Morgan fingerprint density at radius 3 is 2.39 bits per heavy atom. The lowest BCUT2D eigenvalue weighted by molar-refractivity contribution is 0.255. The van der Waals surface area contributed by atoms with Gasteiger partial charge in [0.25, 0.3) is 0 Å². The first-order chi connectivity index (χ1) is 10.9. The molecule has 0 saturated carbocycles. The van der Waals surface area contributed by atoms with E-state index in [-0.39, 0.29) is 5.25 Å². The van der Waals surface area contributed by atoms with Crippen LogP contribution in [0.4, 0.5) is 5.82 Å². The fourth-order valence-corrected chi connectivity index (χ4v) is 5.42. The van der Waals surface area contributed by atoms with Crippen molar-refractivity contribution in [3.05, 3.63) is 17.1 Å². The second-order valence-electron chi connectivity index (χ2n) is 6.72. The van der Waals surface area contributed by atoms with Crippen LogP contribution in [0.2, 0.25) is 0 Å². The van der Waals surface area contributed by atoms with Crippen LogP contribution in [0.5, 0.6) is 0 Å². The van der Waals surface area contributed by atoms with E-state index in [4.69, 9.17) is 0 Å². The average molecular weight is 338 g/mol. The number of nitrogens with zero attached hydrogens (tertiary/aromatic N) is 4. The smallest absolute Gasteiger partial charge is 0.154 e. The van der Waals surface area contributed by atoms with Crippen molar-refractivity contribution in [2.75, 3.05) is 43.4 Å². The fraction of sp³-hybridized carbons (Fsp3) is 0.750. The standard InChI is InChI=1S/C16H26N4O2S/c1-12-13(2)17-14(3)18-16(12)20-8-6-19(7-9-20)11-15-5-4-10-23(15,21)22/h15H,4-11H2,1-3H3/t15-/m0/s1. The van der Waals surface area contributed by atoms with Crippen molar-refractivity contribution in [1.82, 2.24) is 14.9 Å². The molecule has 0 aromatic carbocycles. The molecule has 0 unspecified atom stereocenters. The summed E-state index contributed by atoms with van der Waals surface area (Å²) in [6, 6.07) is 0. The zero-order valence-electron chi connectivity index (χ0n) is 14.2. The number of hydrogen-bond acceptors (Lipinski definition) is 6. The third-order valence-corrected chi connectivity index (χ3v) is 7.33. The van der Waals surface area contributed by atoms with E-state index in [1.54, 1.807) is 0 Å². The Morgan fingerprint density at radius 1 is 1.09 bits per heavy atom. The van der Waals surface area contributed by atoms with Crippen LogP contribution < -0.4 is 4.90 Å². The van der Waals surface area contributed by atoms with Gasteiger partial charge in [-0.3, -0.25) is 4.90 Å². The van der Waals surface area contributed by atoms with Crippen molar-refractivity contribution >= 4 is 15.7 Å². The average Bonchev–Trinajstić information content (AvgIpc) is 2.83. The van der Waals surface area contributed by atoms with Gasteiger partial charge in [-0.15, -0.1) is 0 Å². The van der Waals surface area contributed by atoms with E-state index >= 15 is 0 Å². The molecular formula is C16H26N4O2S. The number of aromatic nitrogens is 2. The van der Waals surface area contributed by atoms with E-state index in [0.717, 1.165) is 61.9 Å². The predicted octanol–water partition coefficient (Wildman–Crippen LogP) is 1.10. The number of anilines is 1.